The Balaban J connectivity index is 1.35. The van der Waals surface area contributed by atoms with E-state index in [9.17, 15) is 4.79 Å². The molecule has 1 fully saturated rings. The van der Waals surface area contributed by atoms with Crippen LogP contribution >= 0.6 is 0 Å². The Labute approximate surface area is 167 Å². The van der Waals surface area contributed by atoms with Gasteiger partial charge in [-0.25, -0.2) is 9.97 Å². The number of amides is 1. The van der Waals surface area contributed by atoms with E-state index in [4.69, 9.17) is 4.42 Å². The molecule has 7 nitrogen and oxygen atoms in total. The van der Waals surface area contributed by atoms with Crippen LogP contribution in [0.4, 0.5) is 0 Å². The number of aromatic nitrogens is 4. The minimum absolute atomic E-state index is 0.135. The van der Waals surface area contributed by atoms with Crippen molar-refractivity contribution in [1.29, 1.82) is 0 Å². The van der Waals surface area contributed by atoms with Gasteiger partial charge in [-0.15, -0.1) is 0 Å². The highest BCUT2D eigenvalue weighted by Gasteiger charge is 2.29. The minimum atomic E-state index is -0.139. The predicted molar refractivity (Wildman–Crippen MR) is 107 cm³/mol. The van der Waals surface area contributed by atoms with Crippen LogP contribution in [-0.4, -0.2) is 25.7 Å². The van der Waals surface area contributed by atoms with Crippen molar-refractivity contribution in [2.24, 2.45) is 0 Å². The molecule has 0 saturated heterocycles. The second kappa shape index (κ2) is 7.50. The van der Waals surface area contributed by atoms with Gasteiger partial charge in [0.15, 0.2) is 11.5 Å². The van der Waals surface area contributed by atoms with Gasteiger partial charge in [0, 0.05) is 18.0 Å². The summed E-state index contributed by atoms with van der Waals surface area (Å²) in [5.74, 6) is 1.09. The lowest BCUT2D eigenvalue weighted by Gasteiger charge is -2.19. The van der Waals surface area contributed by atoms with Crippen molar-refractivity contribution in [3.05, 3.63) is 78.2 Å². The van der Waals surface area contributed by atoms with Crippen LogP contribution in [0.3, 0.4) is 0 Å². The van der Waals surface area contributed by atoms with E-state index in [-0.39, 0.29) is 11.9 Å². The SMILES string of the molecule is O=C(N[C@H](CCn1cncn1)c1ccccc1)c1ccc2nc(C3CC3)oc2c1. The van der Waals surface area contributed by atoms with E-state index in [0.717, 1.165) is 29.8 Å². The smallest absolute Gasteiger partial charge is 0.251 e. The van der Waals surface area contributed by atoms with Gasteiger partial charge < -0.3 is 9.73 Å². The summed E-state index contributed by atoms with van der Waals surface area (Å²) >= 11 is 0. The predicted octanol–water partition coefficient (Wildman–Crippen LogP) is 3.86. The molecule has 146 valence electrons. The van der Waals surface area contributed by atoms with Crippen LogP contribution in [0.5, 0.6) is 0 Å². The Kier molecular flexibility index (Phi) is 4.56. The maximum Gasteiger partial charge on any atom is 0.251 e. The number of fused-ring (bicyclic) bond motifs is 1. The summed E-state index contributed by atoms with van der Waals surface area (Å²) in [4.78, 5) is 21.5. The highest BCUT2D eigenvalue weighted by molar-refractivity contribution is 5.97. The summed E-state index contributed by atoms with van der Waals surface area (Å²) in [5, 5.41) is 7.30. The average molecular weight is 387 g/mol. The number of carbonyl (C=O) groups is 1. The topological polar surface area (TPSA) is 85.8 Å². The fourth-order valence-electron chi connectivity index (χ4n) is 3.45. The molecule has 1 aliphatic rings. The van der Waals surface area contributed by atoms with Crippen molar-refractivity contribution in [3.8, 4) is 0 Å². The monoisotopic (exact) mass is 387 g/mol. The molecule has 7 heteroatoms. The van der Waals surface area contributed by atoms with Crippen molar-refractivity contribution in [2.75, 3.05) is 0 Å². The van der Waals surface area contributed by atoms with Gasteiger partial charge >= 0.3 is 0 Å². The Hall–Kier alpha value is -3.48. The van der Waals surface area contributed by atoms with Crippen LogP contribution in [0.1, 0.15) is 53.0 Å². The second-order valence-corrected chi connectivity index (χ2v) is 7.39. The molecule has 0 aliphatic heterocycles. The molecule has 0 unspecified atom stereocenters. The molecular weight excluding hydrogens is 366 g/mol. The quantitative estimate of drug-likeness (QED) is 0.520. The zero-order valence-electron chi connectivity index (χ0n) is 15.9. The lowest BCUT2D eigenvalue weighted by molar-refractivity contribution is 0.0933. The van der Waals surface area contributed by atoms with Gasteiger partial charge in [0.05, 0.1) is 6.04 Å². The largest absolute Gasteiger partial charge is 0.440 e. The molecule has 1 N–H and O–H groups in total. The Morgan fingerprint density at radius 3 is 2.83 bits per heavy atom. The molecule has 0 bridgehead atoms. The number of benzene rings is 2. The van der Waals surface area contributed by atoms with Gasteiger partial charge in [0.2, 0.25) is 0 Å². The molecular formula is C22H21N5O2. The third-order valence-corrected chi connectivity index (χ3v) is 5.21. The van der Waals surface area contributed by atoms with Crippen LogP contribution in [0, 0.1) is 0 Å². The van der Waals surface area contributed by atoms with Gasteiger partial charge in [0.25, 0.3) is 5.91 Å². The number of carbonyl (C=O) groups excluding carboxylic acids is 1. The van der Waals surface area contributed by atoms with Crippen molar-refractivity contribution in [3.63, 3.8) is 0 Å². The molecule has 0 spiro atoms. The first-order chi connectivity index (χ1) is 14.3. The first-order valence-corrected chi connectivity index (χ1v) is 9.85. The summed E-state index contributed by atoms with van der Waals surface area (Å²) in [6, 6.07) is 15.3. The van der Waals surface area contributed by atoms with E-state index < -0.39 is 0 Å². The number of nitrogens with one attached hydrogen (secondary N) is 1. The van der Waals surface area contributed by atoms with Crippen molar-refractivity contribution in [1.82, 2.24) is 25.1 Å². The standard InChI is InChI=1S/C22H21N5O2/c28-21(17-8-9-19-20(12-17)29-22(26-19)16-6-7-16)25-18(15-4-2-1-3-5-15)10-11-27-14-23-13-24-27/h1-5,8-9,12-14,16,18H,6-7,10-11H2,(H,25,28)/t18-/m1/s1. The third-order valence-electron chi connectivity index (χ3n) is 5.21. The second-order valence-electron chi connectivity index (χ2n) is 7.39. The molecule has 5 rings (SSSR count). The Morgan fingerprint density at radius 1 is 1.21 bits per heavy atom. The van der Waals surface area contributed by atoms with E-state index in [1.54, 1.807) is 23.1 Å². The summed E-state index contributed by atoms with van der Waals surface area (Å²) in [6.07, 6.45) is 6.16. The third kappa shape index (κ3) is 3.89. The molecule has 1 atom stereocenters. The normalized spacial score (nSPS) is 14.8. The van der Waals surface area contributed by atoms with Crippen LogP contribution in [0.25, 0.3) is 11.1 Å². The maximum atomic E-state index is 13.0. The molecule has 1 amide bonds. The molecule has 29 heavy (non-hydrogen) atoms. The lowest BCUT2D eigenvalue weighted by Crippen LogP contribution is -2.29. The van der Waals surface area contributed by atoms with E-state index in [1.807, 2.05) is 36.4 Å². The van der Waals surface area contributed by atoms with E-state index in [0.29, 0.717) is 30.0 Å². The first kappa shape index (κ1) is 17.6. The van der Waals surface area contributed by atoms with Crippen LogP contribution in [-0.2, 0) is 6.54 Å². The fraction of sp³-hybridized carbons (Fsp3) is 0.273. The van der Waals surface area contributed by atoms with Crippen molar-refractivity contribution < 1.29 is 9.21 Å². The zero-order chi connectivity index (χ0) is 19.6. The molecule has 2 aromatic heterocycles. The summed E-state index contributed by atoms with van der Waals surface area (Å²) in [5.41, 5.74) is 3.09. The number of oxazole rings is 1. The van der Waals surface area contributed by atoms with E-state index in [2.05, 4.69) is 20.4 Å². The average Bonchev–Trinajstić information content (AvgIpc) is 3.30. The lowest BCUT2D eigenvalue weighted by atomic mass is 10.0. The number of rotatable bonds is 7. The van der Waals surface area contributed by atoms with Gasteiger partial charge in [-0.2, -0.15) is 5.10 Å². The molecule has 4 aromatic rings. The first-order valence-electron chi connectivity index (χ1n) is 9.85. The van der Waals surface area contributed by atoms with Crippen LogP contribution in [0.2, 0.25) is 0 Å². The number of hydrogen-bond donors (Lipinski definition) is 1. The number of nitrogens with zero attached hydrogens (tertiary/aromatic N) is 4. The molecule has 0 radical (unpaired) electrons. The van der Waals surface area contributed by atoms with Gasteiger partial charge in [-0.3, -0.25) is 9.48 Å². The molecule has 1 saturated carbocycles. The minimum Gasteiger partial charge on any atom is -0.440 e. The van der Waals surface area contributed by atoms with Crippen molar-refractivity contribution in [2.45, 2.75) is 37.8 Å². The maximum absolute atomic E-state index is 13.0. The highest BCUT2D eigenvalue weighted by atomic mass is 16.3. The summed E-state index contributed by atoms with van der Waals surface area (Å²) < 4.78 is 7.63. The van der Waals surface area contributed by atoms with E-state index >= 15 is 0 Å². The highest BCUT2D eigenvalue weighted by Crippen LogP contribution is 2.40. The van der Waals surface area contributed by atoms with Crippen molar-refractivity contribution >= 4 is 17.0 Å². The molecule has 2 aromatic carbocycles. The van der Waals surface area contributed by atoms with Gasteiger partial charge in [0.1, 0.15) is 18.2 Å². The Bertz CT molecular complexity index is 1120. The molecule has 1 aliphatic carbocycles. The van der Waals surface area contributed by atoms with Crippen LogP contribution < -0.4 is 5.32 Å². The van der Waals surface area contributed by atoms with Crippen LogP contribution in [0.15, 0.2) is 65.6 Å². The summed E-state index contributed by atoms with van der Waals surface area (Å²) in [7, 11) is 0. The van der Waals surface area contributed by atoms with E-state index in [1.165, 1.54) is 6.33 Å². The molecule has 2 heterocycles. The number of aryl methyl sites for hydroxylation is 1. The summed E-state index contributed by atoms with van der Waals surface area (Å²) in [6.45, 7) is 0.658. The zero-order valence-corrected chi connectivity index (χ0v) is 15.9. The fourth-order valence-corrected chi connectivity index (χ4v) is 3.45. The number of hydrogen-bond acceptors (Lipinski definition) is 5. The Morgan fingerprint density at radius 2 is 2.07 bits per heavy atom. The van der Waals surface area contributed by atoms with Gasteiger partial charge in [-0.1, -0.05) is 30.3 Å². The van der Waals surface area contributed by atoms with Gasteiger partial charge in [-0.05, 0) is 43.0 Å².